The normalized spacial score (nSPS) is 19.7. The molecule has 80 valence electrons. The van der Waals surface area contributed by atoms with Crippen molar-refractivity contribution in [2.75, 3.05) is 32.8 Å². The van der Waals surface area contributed by atoms with Gasteiger partial charge in [0.1, 0.15) is 0 Å². The summed E-state index contributed by atoms with van der Waals surface area (Å²) in [6, 6.07) is 0. The minimum Gasteiger partial charge on any atom is -0.379 e. The first-order valence-corrected chi connectivity index (χ1v) is 5.28. The fourth-order valence-electron chi connectivity index (χ4n) is 1.52. The van der Waals surface area contributed by atoms with E-state index in [4.69, 9.17) is 4.74 Å². The number of hydrogen-bond donors (Lipinski definition) is 0. The molecule has 0 atom stereocenters. The lowest BCUT2D eigenvalue weighted by molar-refractivity contribution is 0.0422. The van der Waals surface area contributed by atoms with Gasteiger partial charge in [-0.05, 0) is 20.3 Å². The van der Waals surface area contributed by atoms with E-state index in [0.717, 1.165) is 39.3 Å². The molecular formula is C12H21NO. The van der Waals surface area contributed by atoms with Crippen molar-refractivity contribution in [1.82, 2.24) is 4.90 Å². The quantitative estimate of drug-likeness (QED) is 0.638. The molecule has 0 saturated carbocycles. The SMILES string of the molecule is C=C(C)C/C=C(\C)CN1CCOCC1. The molecule has 0 amide bonds. The van der Waals surface area contributed by atoms with Crippen LogP contribution in [0.1, 0.15) is 20.3 Å². The third kappa shape index (κ3) is 4.58. The zero-order chi connectivity index (χ0) is 10.4. The Morgan fingerprint density at radius 2 is 2.00 bits per heavy atom. The van der Waals surface area contributed by atoms with Gasteiger partial charge in [-0.3, -0.25) is 4.90 Å². The molecule has 1 heterocycles. The van der Waals surface area contributed by atoms with Crippen LogP contribution in [0, 0.1) is 0 Å². The van der Waals surface area contributed by atoms with Crippen LogP contribution in [0.2, 0.25) is 0 Å². The summed E-state index contributed by atoms with van der Waals surface area (Å²) in [6.45, 7) is 13.1. The maximum atomic E-state index is 5.30. The summed E-state index contributed by atoms with van der Waals surface area (Å²) in [7, 11) is 0. The van der Waals surface area contributed by atoms with Gasteiger partial charge in [0.25, 0.3) is 0 Å². The van der Waals surface area contributed by atoms with Crippen LogP contribution in [0.15, 0.2) is 23.8 Å². The molecule has 1 aliphatic rings. The van der Waals surface area contributed by atoms with E-state index in [-0.39, 0.29) is 0 Å². The number of allylic oxidation sites excluding steroid dienone is 2. The molecule has 1 aliphatic heterocycles. The Kier molecular flexibility index (Phi) is 4.91. The van der Waals surface area contributed by atoms with Gasteiger partial charge in [0.15, 0.2) is 0 Å². The molecule has 1 fully saturated rings. The average molecular weight is 195 g/mol. The summed E-state index contributed by atoms with van der Waals surface area (Å²) in [4.78, 5) is 2.44. The zero-order valence-electron chi connectivity index (χ0n) is 9.38. The molecule has 1 saturated heterocycles. The molecule has 0 unspecified atom stereocenters. The number of hydrogen-bond acceptors (Lipinski definition) is 2. The molecule has 0 aromatic carbocycles. The van der Waals surface area contributed by atoms with Crippen molar-refractivity contribution in [2.45, 2.75) is 20.3 Å². The van der Waals surface area contributed by atoms with Gasteiger partial charge in [0, 0.05) is 19.6 Å². The van der Waals surface area contributed by atoms with Gasteiger partial charge in [-0.15, -0.1) is 0 Å². The smallest absolute Gasteiger partial charge is 0.0594 e. The minimum atomic E-state index is 0.883. The molecule has 2 nitrogen and oxygen atoms in total. The Morgan fingerprint density at radius 3 is 2.57 bits per heavy atom. The fourth-order valence-corrected chi connectivity index (χ4v) is 1.52. The largest absolute Gasteiger partial charge is 0.379 e. The fraction of sp³-hybridized carbons (Fsp3) is 0.667. The maximum absolute atomic E-state index is 5.30. The molecule has 2 heteroatoms. The van der Waals surface area contributed by atoms with E-state index < -0.39 is 0 Å². The predicted octanol–water partition coefficient (Wildman–Crippen LogP) is 2.23. The van der Waals surface area contributed by atoms with Crippen molar-refractivity contribution in [3.05, 3.63) is 23.8 Å². The first-order valence-electron chi connectivity index (χ1n) is 5.28. The predicted molar refractivity (Wildman–Crippen MR) is 60.4 cm³/mol. The number of ether oxygens (including phenoxy) is 1. The first kappa shape index (κ1) is 11.5. The number of nitrogens with zero attached hydrogens (tertiary/aromatic N) is 1. The van der Waals surface area contributed by atoms with E-state index in [2.05, 4.69) is 31.4 Å². The van der Waals surface area contributed by atoms with Crippen molar-refractivity contribution < 1.29 is 4.74 Å². The van der Waals surface area contributed by atoms with E-state index in [0.29, 0.717) is 0 Å². The first-order chi connectivity index (χ1) is 6.68. The molecule has 0 N–H and O–H groups in total. The molecule has 14 heavy (non-hydrogen) atoms. The second kappa shape index (κ2) is 5.99. The summed E-state index contributed by atoms with van der Waals surface area (Å²) in [6.07, 6.45) is 3.29. The molecule has 0 aliphatic carbocycles. The lowest BCUT2D eigenvalue weighted by Crippen LogP contribution is -2.37. The third-order valence-corrected chi connectivity index (χ3v) is 2.38. The Hall–Kier alpha value is -0.600. The number of morpholine rings is 1. The summed E-state index contributed by atoms with van der Waals surface area (Å²) in [5.74, 6) is 0. The summed E-state index contributed by atoms with van der Waals surface area (Å²) in [5.41, 5.74) is 2.67. The molecular weight excluding hydrogens is 174 g/mol. The van der Waals surface area contributed by atoms with Crippen molar-refractivity contribution in [2.24, 2.45) is 0 Å². The third-order valence-electron chi connectivity index (χ3n) is 2.38. The van der Waals surface area contributed by atoms with Crippen LogP contribution in [-0.4, -0.2) is 37.7 Å². The highest BCUT2D eigenvalue weighted by atomic mass is 16.5. The average Bonchev–Trinajstić information content (AvgIpc) is 2.16. The van der Waals surface area contributed by atoms with Crippen molar-refractivity contribution in [3.63, 3.8) is 0 Å². The Morgan fingerprint density at radius 1 is 1.36 bits per heavy atom. The van der Waals surface area contributed by atoms with Crippen molar-refractivity contribution in [1.29, 1.82) is 0 Å². The van der Waals surface area contributed by atoms with Crippen molar-refractivity contribution in [3.8, 4) is 0 Å². The molecule has 1 rings (SSSR count). The van der Waals surface area contributed by atoms with Crippen molar-refractivity contribution >= 4 is 0 Å². The zero-order valence-corrected chi connectivity index (χ0v) is 9.38. The Balaban J connectivity index is 2.27. The highest BCUT2D eigenvalue weighted by Crippen LogP contribution is 2.05. The lowest BCUT2D eigenvalue weighted by atomic mass is 10.1. The van der Waals surface area contributed by atoms with Crippen LogP contribution in [0.5, 0.6) is 0 Å². The van der Waals surface area contributed by atoms with E-state index in [1.165, 1.54) is 11.1 Å². The van der Waals surface area contributed by atoms with Crippen LogP contribution in [0.25, 0.3) is 0 Å². The van der Waals surface area contributed by atoms with Gasteiger partial charge in [-0.2, -0.15) is 0 Å². The van der Waals surface area contributed by atoms with Gasteiger partial charge >= 0.3 is 0 Å². The van der Waals surface area contributed by atoms with Crippen LogP contribution in [-0.2, 0) is 4.74 Å². The van der Waals surface area contributed by atoms with Crippen LogP contribution >= 0.6 is 0 Å². The van der Waals surface area contributed by atoms with Gasteiger partial charge < -0.3 is 4.74 Å². The van der Waals surface area contributed by atoms with Crippen LogP contribution in [0.3, 0.4) is 0 Å². The topological polar surface area (TPSA) is 12.5 Å². The second-order valence-electron chi connectivity index (χ2n) is 4.10. The highest BCUT2D eigenvalue weighted by Gasteiger charge is 2.09. The summed E-state index contributed by atoms with van der Waals surface area (Å²) in [5, 5.41) is 0. The van der Waals surface area contributed by atoms with E-state index in [1.54, 1.807) is 0 Å². The second-order valence-corrected chi connectivity index (χ2v) is 4.10. The monoisotopic (exact) mass is 195 g/mol. The van der Waals surface area contributed by atoms with E-state index in [9.17, 15) is 0 Å². The molecule has 0 radical (unpaired) electrons. The number of rotatable bonds is 4. The van der Waals surface area contributed by atoms with E-state index in [1.807, 2.05) is 0 Å². The van der Waals surface area contributed by atoms with Gasteiger partial charge in [0.05, 0.1) is 13.2 Å². The molecule has 0 spiro atoms. The minimum absolute atomic E-state index is 0.883. The van der Waals surface area contributed by atoms with Crippen LogP contribution in [0.4, 0.5) is 0 Å². The molecule has 0 aromatic rings. The van der Waals surface area contributed by atoms with E-state index >= 15 is 0 Å². The van der Waals surface area contributed by atoms with Crippen LogP contribution < -0.4 is 0 Å². The molecule has 0 bridgehead atoms. The van der Waals surface area contributed by atoms with Gasteiger partial charge in [0.2, 0.25) is 0 Å². The van der Waals surface area contributed by atoms with Gasteiger partial charge in [-0.25, -0.2) is 0 Å². The molecule has 0 aromatic heterocycles. The standard InChI is InChI=1S/C12H21NO/c1-11(2)4-5-12(3)10-13-6-8-14-9-7-13/h5H,1,4,6-10H2,2-3H3/b12-5+. The Labute approximate surface area is 87.2 Å². The lowest BCUT2D eigenvalue weighted by Gasteiger charge is -2.26. The highest BCUT2D eigenvalue weighted by molar-refractivity contribution is 5.07. The van der Waals surface area contributed by atoms with Gasteiger partial charge in [-0.1, -0.05) is 23.8 Å². The summed E-state index contributed by atoms with van der Waals surface area (Å²) < 4.78 is 5.30. The Bertz CT molecular complexity index is 214. The maximum Gasteiger partial charge on any atom is 0.0594 e. The summed E-state index contributed by atoms with van der Waals surface area (Å²) >= 11 is 0.